The van der Waals surface area contributed by atoms with E-state index in [0.717, 1.165) is 4.47 Å². The van der Waals surface area contributed by atoms with Crippen LogP contribution in [0.5, 0.6) is 5.75 Å². The third kappa shape index (κ3) is 3.80. The van der Waals surface area contributed by atoms with Crippen molar-refractivity contribution >= 4 is 39.6 Å². The lowest BCUT2D eigenvalue weighted by Gasteiger charge is -2.18. The minimum Gasteiger partial charge on any atom is -0.508 e. The van der Waals surface area contributed by atoms with Gasteiger partial charge in [-0.25, -0.2) is 4.79 Å². The van der Waals surface area contributed by atoms with Gasteiger partial charge in [-0.05, 0) is 61.9 Å². The normalized spacial score (nSPS) is 15.6. The van der Waals surface area contributed by atoms with Crippen molar-refractivity contribution in [3.05, 3.63) is 75.4 Å². The summed E-state index contributed by atoms with van der Waals surface area (Å²) in [5.74, 6) is -0.706. The lowest BCUT2D eigenvalue weighted by atomic mass is 10.0. The minimum atomic E-state index is -0.534. The van der Waals surface area contributed by atoms with Gasteiger partial charge in [-0.15, -0.1) is 0 Å². The van der Waals surface area contributed by atoms with Crippen LogP contribution in [0.25, 0.3) is 6.08 Å². The van der Waals surface area contributed by atoms with Gasteiger partial charge in [0.25, 0.3) is 5.91 Å². The minimum absolute atomic E-state index is 0.128. The van der Waals surface area contributed by atoms with Gasteiger partial charge in [0, 0.05) is 15.9 Å². The van der Waals surface area contributed by atoms with E-state index in [-0.39, 0.29) is 29.4 Å². The first-order chi connectivity index (χ1) is 12.9. The number of hydrogen-bond donors (Lipinski definition) is 1. The molecule has 0 radical (unpaired) electrons. The maximum absolute atomic E-state index is 13.1. The molecule has 0 bridgehead atoms. The predicted octanol–water partition coefficient (Wildman–Crippen LogP) is 4.42. The number of phenols is 1. The Bertz CT molecular complexity index is 943. The SMILES string of the molecule is CCOC(=O)C1=C(C)N(c2ccc(Br)cc2)C(=O)/C1=C\c1ccc(O)cc1. The smallest absolute Gasteiger partial charge is 0.340 e. The molecule has 0 aliphatic carbocycles. The summed E-state index contributed by atoms with van der Waals surface area (Å²) in [6.07, 6.45) is 1.64. The highest BCUT2D eigenvalue weighted by molar-refractivity contribution is 9.10. The Hall–Kier alpha value is -2.86. The third-order valence-electron chi connectivity index (χ3n) is 4.17. The van der Waals surface area contributed by atoms with E-state index in [2.05, 4.69) is 15.9 Å². The van der Waals surface area contributed by atoms with E-state index in [1.807, 2.05) is 12.1 Å². The van der Waals surface area contributed by atoms with Crippen LogP contribution in [-0.2, 0) is 14.3 Å². The van der Waals surface area contributed by atoms with Crippen molar-refractivity contribution in [2.24, 2.45) is 0 Å². The number of rotatable bonds is 4. The Labute approximate surface area is 165 Å². The average molecular weight is 428 g/mol. The van der Waals surface area contributed by atoms with Gasteiger partial charge in [-0.3, -0.25) is 9.69 Å². The van der Waals surface area contributed by atoms with E-state index in [0.29, 0.717) is 16.9 Å². The molecular formula is C21H18BrNO4. The number of hydrogen-bond acceptors (Lipinski definition) is 4. The summed E-state index contributed by atoms with van der Waals surface area (Å²) < 4.78 is 6.06. The van der Waals surface area contributed by atoms with Crippen molar-refractivity contribution < 1.29 is 19.4 Å². The fourth-order valence-electron chi connectivity index (χ4n) is 2.92. The number of halogens is 1. The van der Waals surface area contributed by atoms with E-state index in [9.17, 15) is 14.7 Å². The molecule has 2 aromatic rings. The number of anilines is 1. The van der Waals surface area contributed by atoms with Crippen LogP contribution in [0.3, 0.4) is 0 Å². The first-order valence-corrected chi connectivity index (χ1v) is 9.20. The lowest BCUT2D eigenvalue weighted by molar-refractivity contribution is -0.138. The molecule has 0 saturated heterocycles. The zero-order valence-corrected chi connectivity index (χ0v) is 16.5. The Morgan fingerprint density at radius 2 is 1.78 bits per heavy atom. The quantitative estimate of drug-likeness (QED) is 0.579. The van der Waals surface area contributed by atoms with Crippen molar-refractivity contribution in [3.8, 4) is 5.75 Å². The topological polar surface area (TPSA) is 66.8 Å². The second-order valence-electron chi connectivity index (χ2n) is 5.95. The summed E-state index contributed by atoms with van der Waals surface area (Å²) in [7, 11) is 0. The zero-order chi connectivity index (χ0) is 19.6. The Balaban J connectivity index is 2.11. The molecule has 27 heavy (non-hydrogen) atoms. The summed E-state index contributed by atoms with van der Waals surface area (Å²) in [4.78, 5) is 27.2. The standard InChI is InChI=1S/C21H18BrNO4/c1-3-27-21(26)19-13(2)23(16-8-6-15(22)7-9-16)20(25)18(19)12-14-4-10-17(24)11-5-14/h4-12,24H,3H2,1-2H3/b18-12-. The highest BCUT2D eigenvalue weighted by Gasteiger charge is 2.38. The molecule has 0 unspecified atom stereocenters. The van der Waals surface area contributed by atoms with Gasteiger partial charge in [0.15, 0.2) is 0 Å². The molecule has 0 fully saturated rings. The second kappa shape index (κ2) is 7.80. The molecule has 1 heterocycles. The third-order valence-corrected chi connectivity index (χ3v) is 4.70. The molecule has 5 nitrogen and oxygen atoms in total. The monoisotopic (exact) mass is 427 g/mol. The van der Waals surface area contributed by atoms with Crippen molar-refractivity contribution in [3.63, 3.8) is 0 Å². The molecular weight excluding hydrogens is 410 g/mol. The van der Waals surface area contributed by atoms with Gasteiger partial charge < -0.3 is 9.84 Å². The molecule has 1 amide bonds. The molecule has 0 saturated carbocycles. The van der Waals surface area contributed by atoms with Gasteiger partial charge in [-0.1, -0.05) is 28.1 Å². The second-order valence-corrected chi connectivity index (χ2v) is 6.86. The van der Waals surface area contributed by atoms with E-state index in [4.69, 9.17) is 4.74 Å². The molecule has 1 N–H and O–H groups in total. The summed E-state index contributed by atoms with van der Waals surface area (Å²) in [5.41, 5.74) is 2.39. The first-order valence-electron chi connectivity index (χ1n) is 8.41. The fourth-order valence-corrected chi connectivity index (χ4v) is 3.18. The number of ether oxygens (including phenoxy) is 1. The summed E-state index contributed by atoms with van der Waals surface area (Å²) in [5, 5.41) is 9.45. The van der Waals surface area contributed by atoms with E-state index in [1.165, 1.54) is 17.0 Å². The molecule has 0 atom stereocenters. The van der Waals surface area contributed by atoms with Crippen LogP contribution in [0.4, 0.5) is 5.69 Å². The molecule has 3 rings (SSSR count). The van der Waals surface area contributed by atoms with Crippen LogP contribution in [0, 0.1) is 0 Å². The number of aromatic hydroxyl groups is 1. The lowest BCUT2D eigenvalue weighted by Crippen LogP contribution is -2.24. The van der Waals surface area contributed by atoms with E-state index >= 15 is 0 Å². The van der Waals surface area contributed by atoms with Crippen molar-refractivity contribution in [2.75, 3.05) is 11.5 Å². The molecule has 0 spiro atoms. The zero-order valence-electron chi connectivity index (χ0n) is 14.9. The van der Waals surface area contributed by atoms with E-state index < -0.39 is 5.97 Å². The highest BCUT2D eigenvalue weighted by atomic mass is 79.9. The number of esters is 1. The molecule has 0 aromatic heterocycles. The maximum atomic E-state index is 13.1. The Morgan fingerprint density at radius 1 is 1.15 bits per heavy atom. The summed E-state index contributed by atoms with van der Waals surface area (Å²) in [6, 6.07) is 13.7. The fraction of sp³-hybridized carbons (Fsp3) is 0.143. The highest BCUT2D eigenvalue weighted by Crippen LogP contribution is 2.36. The van der Waals surface area contributed by atoms with Gasteiger partial charge in [0.1, 0.15) is 5.75 Å². The Morgan fingerprint density at radius 3 is 2.37 bits per heavy atom. The predicted molar refractivity (Wildman–Crippen MR) is 107 cm³/mol. The van der Waals surface area contributed by atoms with Crippen LogP contribution < -0.4 is 4.90 Å². The van der Waals surface area contributed by atoms with Gasteiger partial charge in [0.05, 0.1) is 17.8 Å². The first kappa shape index (κ1) is 18.9. The molecule has 1 aliphatic rings. The van der Waals surface area contributed by atoms with Gasteiger partial charge in [-0.2, -0.15) is 0 Å². The van der Waals surface area contributed by atoms with Crippen molar-refractivity contribution in [1.82, 2.24) is 0 Å². The van der Waals surface area contributed by atoms with E-state index in [1.54, 1.807) is 44.2 Å². The Kier molecular flexibility index (Phi) is 5.46. The van der Waals surface area contributed by atoms with Crippen LogP contribution >= 0.6 is 15.9 Å². The molecule has 6 heteroatoms. The maximum Gasteiger partial charge on any atom is 0.340 e. The summed E-state index contributed by atoms with van der Waals surface area (Å²) in [6.45, 7) is 3.67. The number of benzene rings is 2. The van der Waals surface area contributed by atoms with Gasteiger partial charge >= 0.3 is 5.97 Å². The van der Waals surface area contributed by atoms with Crippen LogP contribution in [-0.4, -0.2) is 23.6 Å². The number of nitrogens with zero attached hydrogens (tertiary/aromatic N) is 1. The number of phenolic OH excluding ortho intramolecular Hbond substituents is 1. The number of allylic oxidation sites excluding steroid dienone is 1. The van der Waals surface area contributed by atoms with Crippen LogP contribution in [0.2, 0.25) is 0 Å². The largest absolute Gasteiger partial charge is 0.508 e. The number of amides is 1. The van der Waals surface area contributed by atoms with Crippen molar-refractivity contribution in [1.29, 1.82) is 0 Å². The molecule has 2 aromatic carbocycles. The summed E-state index contributed by atoms with van der Waals surface area (Å²) >= 11 is 3.38. The number of carbonyl (C=O) groups is 2. The molecule has 1 aliphatic heterocycles. The number of carbonyl (C=O) groups excluding carboxylic acids is 2. The average Bonchev–Trinajstić information content (AvgIpc) is 2.88. The molecule has 138 valence electrons. The van der Waals surface area contributed by atoms with Crippen LogP contribution in [0.1, 0.15) is 19.4 Å². The van der Waals surface area contributed by atoms with Crippen LogP contribution in [0.15, 0.2) is 69.8 Å². The van der Waals surface area contributed by atoms with Crippen molar-refractivity contribution in [2.45, 2.75) is 13.8 Å². The van der Waals surface area contributed by atoms with Gasteiger partial charge in [0.2, 0.25) is 0 Å².